The molecule has 0 aromatic heterocycles. The summed E-state index contributed by atoms with van der Waals surface area (Å²) in [5.41, 5.74) is 9.37. The number of benzene rings is 1. The van der Waals surface area contributed by atoms with Gasteiger partial charge in [-0.2, -0.15) is 0 Å². The van der Waals surface area contributed by atoms with Crippen molar-refractivity contribution in [2.45, 2.75) is 52.5 Å². The van der Waals surface area contributed by atoms with Crippen molar-refractivity contribution in [2.24, 2.45) is 5.73 Å². The molecule has 2 nitrogen and oxygen atoms in total. The number of ketones is 1. The molecule has 1 unspecified atom stereocenters. The van der Waals surface area contributed by atoms with E-state index in [1.165, 1.54) is 11.1 Å². The van der Waals surface area contributed by atoms with Gasteiger partial charge in [0.2, 0.25) is 0 Å². The maximum absolute atomic E-state index is 11.8. The van der Waals surface area contributed by atoms with E-state index in [1.54, 1.807) is 0 Å². The van der Waals surface area contributed by atoms with Gasteiger partial charge < -0.3 is 5.73 Å². The molecule has 0 spiro atoms. The van der Waals surface area contributed by atoms with E-state index < -0.39 is 0 Å². The summed E-state index contributed by atoms with van der Waals surface area (Å²) < 4.78 is 0. The number of rotatable bonds is 6. The molecule has 0 radical (unpaired) electrons. The lowest BCUT2D eigenvalue weighted by Gasteiger charge is -2.08. The Morgan fingerprint density at radius 3 is 2.35 bits per heavy atom. The first-order valence-corrected chi connectivity index (χ1v) is 6.35. The van der Waals surface area contributed by atoms with Gasteiger partial charge in [-0.1, -0.05) is 36.2 Å². The number of hydrogen-bond acceptors (Lipinski definition) is 2. The molecule has 1 rings (SSSR count). The van der Waals surface area contributed by atoms with Crippen LogP contribution in [0.25, 0.3) is 0 Å². The topological polar surface area (TPSA) is 43.1 Å². The molecule has 0 saturated carbocycles. The van der Waals surface area contributed by atoms with E-state index in [9.17, 15) is 4.79 Å². The number of nitrogens with two attached hydrogens (primary N) is 1. The highest BCUT2D eigenvalue weighted by Gasteiger charge is 2.07. The Kier molecular flexibility index (Phi) is 5.36. The Bertz CT molecular complexity index is 364. The average Bonchev–Trinajstić information content (AvgIpc) is 2.24. The summed E-state index contributed by atoms with van der Waals surface area (Å²) in [7, 11) is 0. The summed E-state index contributed by atoms with van der Waals surface area (Å²) in [5.74, 6) is 0.291. The number of carbonyl (C=O) groups is 1. The summed E-state index contributed by atoms with van der Waals surface area (Å²) in [6.07, 6.45) is 2.89. The molecule has 0 bridgehead atoms. The zero-order valence-corrected chi connectivity index (χ0v) is 11.1. The maximum Gasteiger partial charge on any atom is 0.137 e. The van der Waals surface area contributed by atoms with Crippen molar-refractivity contribution in [3.63, 3.8) is 0 Å². The van der Waals surface area contributed by atoms with Crippen molar-refractivity contribution >= 4 is 5.78 Å². The lowest BCUT2D eigenvalue weighted by molar-refractivity contribution is -0.118. The third kappa shape index (κ3) is 5.14. The summed E-state index contributed by atoms with van der Waals surface area (Å²) in [6, 6.07) is 6.47. The Morgan fingerprint density at radius 2 is 1.82 bits per heavy atom. The molecule has 0 amide bonds. The zero-order chi connectivity index (χ0) is 12.8. The first-order valence-electron chi connectivity index (χ1n) is 6.35. The second-order valence-corrected chi connectivity index (χ2v) is 4.92. The van der Waals surface area contributed by atoms with Crippen LogP contribution < -0.4 is 5.73 Å². The van der Waals surface area contributed by atoms with Crippen LogP contribution in [0.5, 0.6) is 0 Å². The minimum absolute atomic E-state index is 0.165. The van der Waals surface area contributed by atoms with E-state index in [0.29, 0.717) is 18.6 Å². The summed E-state index contributed by atoms with van der Waals surface area (Å²) >= 11 is 0. The van der Waals surface area contributed by atoms with Gasteiger partial charge in [0.25, 0.3) is 0 Å². The predicted octanol–water partition coefficient (Wildman–Crippen LogP) is 2.93. The molecule has 0 heterocycles. The van der Waals surface area contributed by atoms with Gasteiger partial charge in [-0.05, 0) is 32.3 Å². The lowest BCUT2D eigenvalue weighted by atomic mass is 9.99. The number of Topliss-reactive ketones (excluding diaryl/α,β-unsaturated/α-hetero) is 1. The van der Waals surface area contributed by atoms with Crippen LogP contribution in [0.1, 0.15) is 42.9 Å². The van der Waals surface area contributed by atoms with Crippen molar-refractivity contribution in [1.82, 2.24) is 0 Å². The lowest BCUT2D eigenvalue weighted by Crippen LogP contribution is -2.20. The van der Waals surface area contributed by atoms with Crippen molar-refractivity contribution in [2.75, 3.05) is 0 Å². The van der Waals surface area contributed by atoms with Gasteiger partial charge >= 0.3 is 0 Å². The number of hydrogen-bond donors (Lipinski definition) is 1. The molecular weight excluding hydrogens is 210 g/mol. The second kappa shape index (κ2) is 6.55. The smallest absolute Gasteiger partial charge is 0.137 e. The van der Waals surface area contributed by atoms with Crippen LogP contribution in [0.4, 0.5) is 0 Å². The SMILES string of the molecule is CCC(N)CCC(=O)Cc1cc(C)cc(C)c1. The van der Waals surface area contributed by atoms with E-state index in [4.69, 9.17) is 5.73 Å². The van der Waals surface area contributed by atoms with Gasteiger partial charge in [0.05, 0.1) is 0 Å². The van der Waals surface area contributed by atoms with Gasteiger partial charge in [-0.3, -0.25) is 4.79 Å². The Morgan fingerprint density at radius 1 is 1.24 bits per heavy atom. The Balaban J connectivity index is 2.50. The zero-order valence-electron chi connectivity index (χ0n) is 11.1. The molecule has 17 heavy (non-hydrogen) atoms. The molecule has 2 heteroatoms. The predicted molar refractivity (Wildman–Crippen MR) is 72.1 cm³/mol. The fraction of sp³-hybridized carbons (Fsp3) is 0.533. The van der Waals surface area contributed by atoms with Crippen LogP contribution in [-0.2, 0) is 11.2 Å². The summed E-state index contributed by atoms with van der Waals surface area (Å²) in [4.78, 5) is 11.8. The van der Waals surface area contributed by atoms with Gasteiger partial charge in [0.15, 0.2) is 0 Å². The third-order valence-electron chi connectivity index (χ3n) is 3.00. The molecule has 0 aliphatic carbocycles. The maximum atomic E-state index is 11.8. The Labute approximate surface area is 104 Å². The van der Waals surface area contributed by atoms with Gasteiger partial charge in [-0.15, -0.1) is 0 Å². The van der Waals surface area contributed by atoms with Crippen LogP contribution in [0.3, 0.4) is 0 Å². The highest BCUT2D eigenvalue weighted by Crippen LogP contribution is 2.11. The van der Waals surface area contributed by atoms with Crippen LogP contribution in [0, 0.1) is 13.8 Å². The fourth-order valence-electron chi connectivity index (χ4n) is 2.04. The van der Waals surface area contributed by atoms with Crippen molar-refractivity contribution in [3.8, 4) is 0 Å². The molecule has 94 valence electrons. The van der Waals surface area contributed by atoms with Crippen LogP contribution in [0.2, 0.25) is 0 Å². The molecule has 0 fully saturated rings. The van der Waals surface area contributed by atoms with Crippen molar-refractivity contribution < 1.29 is 4.79 Å². The van der Waals surface area contributed by atoms with E-state index in [1.807, 2.05) is 0 Å². The van der Waals surface area contributed by atoms with Crippen molar-refractivity contribution in [1.29, 1.82) is 0 Å². The molecule has 0 saturated heterocycles. The standard InChI is InChI=1S/C15H23NO/c1-4-14(16)5-6-15(17)10-13-8-11(2)7-12(3)9-13/h7-9,14H,4-6,10,16H2,1-3H3. The molecular formula is C15H23NO. The molecule has 1 aromatic rings. The molecule has 2 N–H and O–H groups in total. The number of carbonyl (C=O) groups excluding carboxylic acids is 1. The first kappa shape index (κ1) is 13.9. The first-order chi connectivity index (χ1) is 8.01. The monoisotopic (exact) mass is 233 g/mol. The minimum Gasteiger partial charge on any atom is -0.328 e. The quantitative estimate of drug-likeness (QED) is 0.821. The van der Waals surface area contributed by atoms with Gasteiger partial charge in [0, 0.05) is 18.9 Å². The molecule has 0 aliphatic rings. The number of aryl methyl sites for hydroxylation is 2. The molecule has 1 atom stereocenters. The largest absolute Gasteiger partial charge is 0.328 e. The second-order valence-electron chi connectivity index (χ2n) is 4.92. The summed E-state index contributed by atoms with van der Waals surface area (Å²) in [6.45, 7) is 6.18. The van der Waals surface area contributed by atoms with Gasteiger partial charge in [0.1, 0.15) is 5.78 Å². The van der Waals surface area contributed by atoms with E-state index in [0.717, 1.165) is 18.4 Å². The Hall–Kier alpha value is -1.15. The highest BCUT2D eigenvalue weighted by molar-refractivity contribution is 5.80. The summed E-state index contributed by atoms with van der Waals surface area (Å²) in [5, 5.41) is 0. The average molecular weight is 233 g/mol. The van der Waals surface area contributed by atoms with Gasteiger partial charge in [-0.25, -0.2) is 0 Å². The van der Waals surface area contributed by atoms with Crippen LogP contribution >= 0.6 is 0 Å². The van der Waals surface area contributed by atoms with E-state index in [-0.39, 0.29) is 6.04 Å². The molecule has 0 aliphatic heterocycles. The van der Waals surface area contributed by atoms with Crippen molar-refractivity contribution in [3.05, 3.63) is 34.9 Å². The fourth-order valence-corrected chi connectivity index (χ4v) is 2.04. The minimum atomic E-state index is 0.165. The van der Waals surface area contributed by atoms with E-state index >= 15 is 0 Å². The third-order valence-corrected chi connectivity index (χ3v) is 3.00. The van der Waals surface area contributed by atoms with E-state index in [2.05, 4.69) is 39.0 Å². The molecule has 1 aromatic carbocycles. The van der Waals surface area contributed by atoms with Crippen LogP contribution in [-0.4, -0.2) is 11.8 Å². The highest BCUT2D eigenvalue weighted by atomic mass is 16.1. The normalized spacial score (nSPS) is 12.5. The van der Waals surface area contributed by atoms with Crippen LogP contribution in [0.15, 0.2) is 18.2 Å².